The molecular formula is C35H59NO4. The van der Waals surface area contributed by atoms with Gasteiger partial charge in [-0.1, -0.05) is 48.5 Å². The SMILES string of the molecule is CO[C@H](C(C)C)C1C[C@@H](C)C2C(C[C@@]3(C)C4CCC5C(C)(C)[C@@H](OC6CNCCO6)CCC56C[C@@]46CC[C@]23C)O1. The summed E-state index contributed by atoms with van der Waals surface area (Å²) in [7, 11) is 1.89. The summed E-state index contributed by atoms with van der Waals surface area (Å²) in [6.07, 6.45) is 13.2. The van der Waals surface area contributed by atoms with Gasteiger partial charge in [0.2, 0.25) is 0 Å². The molecule has 5 aliphatic carbocycles. The van der Waals surface area contributed by atoms with E-state index in [1.807, 2.05) is 7.11 Å². The topological polar surface area (TPSA) is 49.0 Å². The number of rotatable bonds is 5. The Balaban J connectivity index is 1.14. The maximum Gasteiger partial charge on any atom is 0.170 e. The molecule has 2 aliphatic heterocycles. The van der Waals surface area contributed by atoms with Crippen LogP contribution in [0.3, 0.4) is 0 Å². The number of hydrogen-bond donors (Lipinski definition) is 1. The van der Waals surface area contributed by atoms with Crippen molar-refractivity contribution in [3.63, 3.8) is 0 Å². The van der Waals surface area contributed by atoms with Gasteiger partial charge in [-0.3, -0.25) is 0 Å². The van der Waals surface area contributed by atoms with E-state index in [-0.39, 0.29) is 23.9 Å². The lowest BCUT2D eigenvalue weighted by Gasteiger charge is -2.63. The molecule has 0 bridgehead atoms. The quantitative estimate of drug-likeness (QED) is 0.401. The van der Waals surface area contributed by atoms with Gasteiger partial charge in [-0.25, -0.2) is 0 Å². The molecule has 228 valence electrons. The molecule has 2 heterocycles. The second-order valence-corrected chi connectivity index (χ2v) is 17.1. The minimum Gasteiger partial charge on any atom is -0.378 e. The Bertz CT molecular complexity index is 978. The fraction of sp³-hybridized carbons (Fsp3) is 1.00. The molecule has 0 aromatic rings. The number of nitrogens with one attached hydrogen (secondary N) is 1. The van der Waals surface area contributed by atoms with Crippen LogP contribution in [0.5, 0.6) is 0 Å². The van der Waals surface area contributed by atoms with Gasteiger partial charge in [-0.2, -0.15) is 0 Å². The van der Waals surface area contributed by atoms with Gasteiger partial charge in [0.25, 0.3) is 0 Å². The monoisotopic (exact) mass is 557 g/mol. The highest BCUT2D eigenvalue weighted by atomic mass is 16.7. The molecule has 2 saturated heterocycles. The minimum atomic E-state index is -0.0769. The van der Waals surface area contributed by atoms with Crippen LogP contribution in [0.25, 0.3) is 0 Å². The molecule has 7 rings (SSSR count). The van der Waals surface area contributed by atoms with Crippen LogP contribution in [-0.2, 0) is 18.9 Å². The third-order valence-corrected chi connectivity index (χ3v) is 15.2. The van der Waals surface area contributed by atoms with E-state index in [2.05, 4.69) is 53.8 Å². The van der Waals surface area contributed by atoms with Crippen LogP contribution in [0.15, 0.2) is 0 Å². The molecule has 1 N–H and O–H groups in total. The molecule has 40 heavy (non-hydrogen) atoms. The molecule has 2 spiro atoms. The first-order valence-electron chi connectivity index (χ1n) is 17.1. The van der Waals surface area contributed by atoms with Crippen LogP contribution in [-0.4, -0.2) is 57.5 Å². The van der Waals surface area contributed by atoms with E-state index in [0.29, 0.717) is 51.6 Å². The van der Waals surface area contributed by atoms with E-state index in [1.54, 1.807) is 0 Å². The Labute approximate surface area is 244 Å². The lowest BCUT2D eigenvalue weighted by atomic mass is 9.41. The van der Waals surface area contributed by atoms with E-state index in [0.717, 1.165) is 38.0 Å². The van der Waals surface area contributed by atoms with E-state index in [1.165, 1.54) is 51.4 Å². The Morgan fingerprint density at radius 3 is 2.38 bits per heavy atom. The van der Waals surface area contributed by atoms with Gasteiger partial charge in [0.05, 0.1) is 31.0 Å². The van der Waals surface area contributed by atoms with E-state index >= 15 is 0 Å². The molecule has 7 aliphatic rings. The van der Waals surface area contributed by atoms with Gasteiger partial charge < -0.3 is 24.3 Å². The lowest BCUT2D eigenvalue weighted by molar-refractivity contribution is -0.235. The molecule has 5 heteroatoms. The Kier molecular flexibility index (Phi) is 6.71. The van der Waals surface area contributed by atoms with Crippen LogP contribution in [0.4, 0.5) is 0 Å². The Morgan fingerprint density at radius 1 is 0.925 bits per heavy atom. The van der Waals surface area contributed by atoms with Crippen molar-refractivity contribution in [2.75, 3.05) is 26.8 Å². The van der Waals surface area contributed by atoms with Crippen LogP contribution < -0.4 is 5.32 Å². The molecule has 7 fully saturated rings. The van der Waals surface area contributed by atoms with Crippen molar-refractivity contribution >= 4 is 0 Å². The summed E-state index contributed by atoms with van der Waals surface area (Å²) in [4.78, 5) is 0. The highest BCUT2D eigenvalue weighted by Gasteiger charge is 2.83. The molecule has 0 amide bonds. The third kappa shape index (κ3) is 3.63. The summed E-state index contributed by atoms with van der Waals surface area (Å²) in [5, 5.41) is 3.46. The average Bonchev–Trinajstić information content (AvgIpc) is 3.50. The summed E-state index contributed by atoms with van der Waals surface area (Å²) in [6, 6.07) is 0. The van der Waals surface area contributed by atoms with Crippen LogP contribution in [0.1, 0.15) is 106 Å². The zero-order valence-electron chi connectivity index (χ0n) is 26.9. The summed E-state index contributed by atoms with van der Waals surface area (Å²) < 4.78 is 25.8. The molecule has 13 atom stereocenters. The Morgan fingerprint density at radius 2 is 1.68 bits per heavy atom. The smallest absolute Gasteiger partial charge is 0.170 e. The van der Waals surface area contributed by atoms with E-state index in [9.17, 15) is 0 Å². The first-order chi connectivity index (χ1) is 18.9. The number of methoxy groups -OCH3 is 1. The average molecular weight is 558 g/mol. The van der Waals surface area contributed by atoms with Gasteiger partial charge in [-0.05, 0) is 114 Å². The standard InChI is InChI=1S/C35H59NO4/c1-21(2)30(37-8)23-17-22(3)29-24(39-23)18-33(7)26-10-9-25-31(4,5)27(40-28-19-36-15-16-38-28)11-12-34(25)20-35(26,34)14-13-32(29,33)6/h21-30,36H,9-20H2,1-8H3/t22-,23?,24?,25?,26?,27+,28?,29?,30-,32-,33+,34?,35+/m1/s1. The first kappa shape index (κ1) is 28.6. The number of hydrogen-bond acceptors (Lipinski definition) is 5. The second-order valence-electron chi connectivity index (χ2n) is 17.1. The lowest BCUT2D eigenvalue weighted by Crippen LogP contribution is -2.58. The normalized spacial score (nSPS) is 55.4. The molecule has 5 nitrogen and oxygen atoms in total. The van der Waals surface area contributed by atoms with Gasteiger partial charge in [0.1, 0.15) is 0 Å². The van der Waals surface area contributed by atoms with Crippen molar-refractivity contribution < 1.29 is 18.9 Å². The molecule has 0 aromatic heterocycles. The maximum absolute atomic E-state index is 7.11. The van der Waals surface area contributed by atoms with Gasteiger partial charge in [-0.15, -0.1) is 0 Å². The molecule has 0 aromatic carbocycles. The predicted molar refractivity (Wildman–Crippen MR) is 158 cm³/mol. The molecule has 7 unspecified atom stereocenters. The van der Waals surface area contributed by atoms with Crippen molar-refractivity contribution in [1.82, 2.24) is 5.32 Å². The first-order valence-corrected chi connectivity index (χ1v) is 17.1. The van der Waals surface area contributed by atoms with Crippen molar-refractivity contribution in [1.29, 1.82) is 0 Å². The van der Waals surface area contributed by atoms with Crippen molar-refractivity contribution in [2.45, 2.75) is 137 Å². The van der Waals surface area contributed by atoms with Crippen molar-refractivity contribution in [3.05, 3.63) is 0 Å². The van der Waals surface area contributed by atoms with E-state index < -0.39 is 0 Å². The third-order valence-electron chi connectivity index (χ3n) is 15.2. The number of fused-ring (bicyclic) bond motifs is 4. The van der Waals surface area contributed by atoms with Crippen LogP contribution in [0, 0.1) is 56.7 Å². The number of morpholine rings is 1. The minimum absolute atomic E-state index is 0.0769. The zero-order valence-corrected chi connectivity index (χ0v) is 26.9. The van der Waals surface area contributed by atoms with Crippen LogP contribution >= 0.6 is 0 Å². The highest BCUT2D eigenvalue weighted by molar-refractivity contribution is 5.31. The van der Waals surface area contributed by atoms with Gasteiger partial charge in [0.15, 0.2) is 6.29 Å². The van der Waals surface area contributed by atoms with Gasteiger partial charge >= 0.3 is 0 Å². The summed E-state index contributed by atoms with van der Waals surface area (Å²) in [6.45, 7) is 20.2. The fourth-order valence-corrected chi connectivity index (χ4v) is 13.5. The zero-order chi connectivity index (χ0) is 28.3. The molecule has 0 radical (unpaired) electrons. The molecule has 5 saturated carbocycles. The fourth-order valence-electron chi connectivity index (χ4n) is 13.5. The van der Waals surface area contributed by atoms with Crippen LogP contribution in [0.2, 0.25) is 0 Å². The summed E-state index contributed by atoms with van der Waals surface area (Å²) in [5.74, 6) is 3.50. The van der Waals surface area contributed by atoms with E-state index in [4.69, 9.17) is 18.9 Å². The van der Waals surface area contributed by atoms with Crippen molar-refractivity contribution in [3.8, 4) is 0 Å². The van der Waals surface area contributed by atoms with Gasteiger partial charge in [0, 0.05) is 20.2 Å². The Hall–Kier alpha value is -0.200. The maximum atomic E-state index is 7.11. The largest absolute Gasteiger partial charge is 0.378 e. The second kappa shape index (κ2) is 9.40. The highest BCUT2D eigenvalue weighted by Crippen LogP contribution is 2.89. The summed E-state index contributed by atoms with van der Waals surface area (Å²) >= 11 is 0. The number of ether oxygens (including phenoxy) is 4. The van der Waals surface area contributed by atoms with Crippen molar-refractivity contribution in [2.24, 2.45) is 56.7 Å². The predicted octanol–water partition coefficient (Wildman–Crippen LogP) is 6.83. The summed E-state index contributed by atoms with van der Waals surface area (Å²) in [5.41, 5.74) is 2.05. The molecular weight excluding hydrogens is 498 g/mol.